The number of anilines is 1. The van der Waals surface area contributed by atoms with Gasteiger partial charge in [-0.2, -0.15) is 0 Å². The smallest absolute Gasteiger partial charge is 0.323 e. The number of nitrogens with two attached hydrogens (primary N) is 1. The number of carbonyl (C=O) groups is 1. The van der Waals surface area contributed by atoms with Crippen LogP contribution in [-0.2, 0) is 4.74 Å². The third-order valence-corrected chi connectivity index (χ3v) is 4.86. The van der Waals surface area contributed by atoms with Crippen molar-refractivity contribution in [2.75, 3.05) is 45.3 Å². The van der Waals surface area contributed by atoms with Crippen LogP contribution in [0.15, 0.2) is 22.7 Å². The minimum Gasteiger partial charge on any atom is -0.387 e. The van der Waals surface area contributed by atoms with Gasteiger partial charge in [0.15, 0.2) is 0 Å². The van der Waals surface area contributed by atoms with Crippen molar-refractivity contribution in [3.05, 3.63) is 34.9 Å². The summed E-state index contributed by atoms with van der Waals surface area (Å²) in [4.78, 5) is 19.3. The number of rotatable bonds is 5. The van der Waals surface area contributed by atoms with Crippen LogP contribution in [-0.4, -0.2) is 62.3 Å². The van der Waals surface area contributed by atoms with E-state index in [2.05, 4.69) is 10.3 Å². The molecule has 1 aliphatic rings. The molecular weight excluding hydrogens is 412 g/mol. The SMILES string of the molecule is COCCN(C)c1cc(F)c(C=C2CCN(C(=O)NC(=S)/N=C(/C)N)CC2)c(F)c1. The lowest BCUT2D eigenvalue weighted by Gasteiger charge is -2.28. The van der Waals surface area contributed by atoms with Crippen LogP contribution in [0.1, 0.15) is 25.3 Å². The molecule has 0 saturated carbocycles. The fourth-order valence-electron chi connectivity index (χ4n) is 2.99. The molecule has 1 aromatic carbocycles. The first-order chi connectivity index (χ1) is 14.2. The Bertz CT molecular complexity index is 823. The molecule has 1 aliphatic heterocycles. The van der Waals surface area contributed by atoms with Crippen LogP contribution in [0.4, 0.5) is 19.3 Å². The predicted molar refractivity (Wildman–Crippen MR) is 119 cm³/mol. The molecule has 1 fully saturated rings. The van der Waals surface area contributed by atoms with Crippen molar-refractivity contribution in [2.45, 2.75) is 19.8 Å². The van der Waals surface area contributed by atoms with E-state index < -0.39 is 11.6 Å². The highest BCUT2D eigenvalue weighted by Gasteiger charge is 2.21. The van der Waals surface area contributed by atoms with E-state index in [0.717, 1.165) is 5.57 Å². The van der Waals surface area contributed by atoms with Crippen LogP contribution < -0.4 is 16.0 Å². The second-order valence-electron chi connectivity index (χ2n) is 7.02. The van der Waals surface area contributed by atoms with Crippen LogP contribution in [0.3, 0.4) is 0 Å². The summed E-state index contributed by atoms with van der Waals surface area (Å²) in [5.41, 5.74) is 6.68. The number of thiocarbonyl (C=S) groups is 1. The molecule has 1 heterocycles. The fraction of sp³-hybridized carbons (Fsp3) is 0.450. The van der Waals surface area contributed by atoms with Crippen molar-refractivity contribution in [3.63, 3.8) is 0 Å². The first-order valence-corrected chi connectivity index (χ1v) is 9.91. The topological polar surface area (TPSA) is 83.2 Å². The molecule has 0 unspecified atom stereocenters. The van der Waals surface area contributed by atoms with E-state index in [1.165, 1.54) is 18.2 Å². The molecule has 3 N–H and O–H groups in total. The van der Waals surface area contributed by atoms with E-state index in [1.54, 1.807) is 30.9 Å². The van der Waals surface area contributed by atoms with E-state index >= 15 is 0 Å². The number of aliphatic imine (C=N–C) groups is 1. The maximum absolute atomic E-state index is 14.5. The summed E-state index contributed by atoms with van der Waals surface area (Å²) >= 11 is 4.94. The Hall–Kier alpha value is -2.59. The molecular formula is C20H27F2N5O2S. The summed E-state index contributed by atoms with van der Waals surface area (Å²) in [7, 11) is 3.32. The Kier molecular flexibility index (Phi) is 8.67. The molecule has 1 aromatic rings. The molecule has 0 aromatic heterocycles. The number of methoxy groups -OCH3 is 1. The summed E-state index contributed by atoms with van der Waals surface area (Å²) in [6, 6.07) is 2.26. The quantitative estimate of drug-likeness (QED) is 0.419. The minimum absolute atomic E-state index is 0.000961. The van der Waals surface area contributed by atoms with Gasteiger partial charge < -0.3 is 20.3 Å². The number of likely N-dealkylation sites (tertiary alicyclic amines) is 1. The third kappa shape index (κ3) is 6.74. The number of hydrogen-bond acceptors (Lipinski definition) is 4. The second-order valence-corrected chi connectivity index (χ2v) is 7.40. The molecule has 0 radical (unpaired) electrons. The number of nitrogens with one attached hydrogen (secondary N) is 1. The van der Waals surface area contributed by atoms with E-state index in [9.17, 15) is 13.6 Å². The van der Waals surface area contributed by atoms with Gasteiger partial charge in [0.05, 0.1) is 12.4 Å². The number of amidine groups is 1. The number of amides is 2. The summed E-state index contributed by atoms with van der Waals surface area (Å²) < 4.78 is 34.1. The Morgan fingerprint density at radius 2 is 1.97 bits per heavy atom. The normalized spacial score (nSPS) is 14.5. The van der Waals surface area contributed by atoms with Crippen LogP contribution in [0.25, 0.3) is 6.08 Å². The summed E-state index contributed by atoms with van der Waals surface area (Å²) in [5, 5.41) is 2.49. The first kappa shape index (κ1) is 23.7. The lowest BCUT2D eigenvalue weighted by atomic mass is 10.0. The molecule has 7 nitrogen and oxygen atoms in total. The van der Waals surface area contributed by atoms with Crippen LogP contribution in [0.5, 0.6) is 0 Å². The van der Waals surface area contributed by atoms with Gasteiger partial charge in [0.2, 0.25) is 5.11 Å². The Balaban J connectivity index is 2.02. The van der Waals surface area contributed by atoms with Gasteiger partial charge in [0.1, 0.15) is 11.6 Å². The van der Waals surface area contributed by atoms with Gasteiger partial charge in [-0.25, -0.2) is 18.6 Å². The number of piperidine rings is 1. The zero-order chi connectivity index (χ0) is 22.3. The van der Waals surface area contributed by atoms with Crippen molar-refractivity contribution in [1.29, 1.82) is 0 Å². The highest BCUT2D eigenvalue weighted by atomic mass is 32.1. The van der Waals surface area contributed by atoms with Crippen molar-refractivity contribution in [2.24, 2.45) is 10.7 Å². The molecule has 0 atom stereocenters. The average molecular weight is 440 g/mol. The Morgan fingerprint density at radius 1 is 1.37 bits per heavy atom. The highest BCUT2D eigenvalue weighted by molar-refractivity contribution is 7.80. The Labute approximate surface area is 180 Å². The number of halogens is 2. The van der Waals surface area contributed by atoms with E-state index in [0.29, 0.717) is 44.8 Å². The first-order valence-electron chi connectivity index (χ1n) is 9.50. The molecule has 0 spiro atoms. The van der Waals surface area contributed by atoms with E-state index in [4.69, 9.17) is 22.7 Å². The number of likely N-dealkylation sites (N-methyl/N-ethyl adjacent to an activating group) is 1. The van der Waals surface area contributed by atoms with E-state index in [-0.39, 0.29) is 22.5 Å². The van der Waals surface area contributed by atoms with Crippen molar-refractivity contribution in [3.8, 4) is 0 Å². The number of carbonyl (C=O) groups excluding carboxylic acids is 1. The number of hydrogen-bond donors (Lipinski definition) is 2. The van der Waals surface area contributed by atoms with Gasteiger partial charge in [0.25, 0.3) is 0 Å². The third-order valence-electron chi connectivity index (χ3n) is 4.67. The number of benzene rings is 1. The molecule has 1 saturated heterocycles. The summed E-state index contributed by atoms with van der Waals surface area (Å²) in [5.74, 6) is -0.992. The number of urea groups is 1. The summed E-state index contributed by atoms with van der Waals surface area (Å²) in [6.07, 6.45) is 2.55. The van der Waals surface area contributed by atoms with Crippen molar-refractivity contribution in [1.82, 2.24) is 10.2 Å². The van der Waals surface area contributed by atoms with Gasteiger partial charge in [-0.3, -0.25) is 5.32 Å². The largest absolute Gasteiger partial charge is 0.387 e. The average Bonchev–Trinajstić information content (AvgIpc) is 2.68. The van der Waals surface area contributed by atoms with Gasteiger partial charge in [0, 0.05) is 45.0 Å². The molecule has 0 bridgehead atoms. The molecule has 2 amide bonds. The van der Waals surface area contributed by atoms with E-state index in [1.807, 2.05) is 0 Å². The van der Waals surface area contributed by atoms with Crippen molar-refractivity contribution < 1.29 is 18.3 Å². The monoisotopic (exact) mass is 439 g/mol. The van der Waals surface area contributed by atoms with Crippen LogP contribution >= 0.6 is 12.2 Å². The fourth-order valence-corrected chi connectivity index (χ4v) is 3.22. The zero-order valence-electron chi connectivity index (χ0n) is 17.4. The maximum Gasteiger partial charge on any atom is 0.323 e. The molecule has 0 aliphatic carbocycles. The second kappa shape index (κ2) is 11.0. The van der Waals surface area contributed by atoms with Crippen LogP contribution in [0.2, 0.25) is 0 Å². The van der Waals surface area contributed by atoms with Gasteiger partial charge in [-0.15, -0.1) is 0 Å². The van der Waals surface area contributed by atoms with Gasteiger partial charge in [-0.1, -0.05) is 5.57 Å². The van der Waals surface area contributed by atoms with Crippen molar-refractivity contribution >= 4 is 41.0 Å². The summed E-state index contributed by atoms with van der Waals surface area (Å²) in [6.45, 7) is 3.37. The molecule has 164 valence electrons. The highest BCUT2D eigenvalue weighted by Crippen LogP contribution is 2.26. The van der Waals surface area contributed by atoms with Crippen LogP contribution in [0, 0.1) is 11.6 Å². The maximum atomic E-state index is 14.5. The minimum atomic E-state index is -0.623. The molecule has 30 heavy (non-hydrogen) atoms. The number of ether oxygens (including phenoxy) is 1. The van der Waals surface area contributed by atoms with Gasteiger partial charge >= 0.3 is 6.03 Å². The predicted octanol–water partition coefficient (Wildman–Crippen LogP) is 2.90. The molecule has 10 heteroatoms. The molecule has 2 rings (SSSR count). The number of nitrogens with zero attached hydrogens (tertiary/aromatic N) is 3. The lowest BCUT2D eigenvalue weighted by Crippen LogP contribution is -2.44. The lowest BCUT2D eigenvalue weighted by molar-refractivity contribution is 0.199. The van der Waals surface area contributed by atoms with Gasteiger partial charge in [-0.05, 0) is 50.2 Å². The standard InChI is InChI=1S/C20H27F2N5O2S/c1-13(23)24-19(30)25-20(28)27-6-4-14(5-7-27)10-16-17(21)11-15(12-18(16)22)26(2)8-9-29-3/h10-12H,4-9H2,1-3H3,(H3,23,24,25,28,30). The Morgan fingerprint density at radius 3 is 2.50 bits per heavy atom. The zero-order valence-corrected chi connectivity index (χ0v) is 18.2.